The number of benzene rings is 2. The number of rotatable bonds is 7. The lowest BCUT2D eigenvalue weighted by Crippen LogP contribution is -2.41. The minimum absolute atomic E-state index is 0.0113. The van der Waals surface area contributed by atoms with Crippen molar-refractivity contribution in [1.82, 2.24) is 4.90 Å². The molecule has 0 aliphatic carbocycles. The Morgan fingerprint density at radius 3 is 2.28 bits per heavy atom. The van der Waals surface area contributed by atoms with Gasteiger partial charge in [-0.05, 0) is 68.1 Å². The summed E-state index contributed by atoms with van der Waals surface area (Å²) in [5.74, 6) is 1.48. The number of piperidine rings is 1. The van der Waals surface area contributed by atoms with Gasteiger partial charge < -0.3 is 14.8 Å². The molecule has 1 fully saturated rings. The Morgan fingerprint density at radius 2 is 1.62 bits per heavy atom. The molecule has 1 N–H and O–H groups in total. The minimum Gasteiger partial charge on any atom is -0.486 e. The molecule has 4 rings (SSSR count). The monoisotopic (exact) mass is 436 g/mol. The predicted octanol–water partition coefficient (Wildman–Crippen LogP) is 4.12. The van der Waals surface area contributed by atoms with Crippen LogP contribution in [0.25, 0.3) is 0 Å². The number of ether oxygens (including phenoxy) is 2. The van der Waals surface area contributed by atoms with Crippen molar-refractivity contribution in [3.05, 3.63) is 53.1 Å². The molecular weight excluding hydrogens is 404 g/mol. The molecule has 0 unspecified atom stereocenters. The number of likely N-dealkylation sites (tertiary alicyclic amines) is 1. The van der Waals surface area contributed by atoms with E-state index < -0.39 is 0 Å². The SMILES string of the molecule is CCc1cccc(CC)c1NC(=O)CN1CCC(C(=O)c2ccc3c(c2)OCCO3)CC1. The van der Waals surface area contributed by atoms with Gasteiger partial charge in [0.1, 0.15) is 13.2 Å². The smallest absolute Gasteiger partial charge is 0.238 e. The van der Waals surface area contributed by atoms with Gasteiger partial charge in [0.05, 0.1) is 6.54 Å². The summed E-state index contributed by atoms with van der Waals surface area (Å²) < 4.78 is 11.2. The normalized spacial score (nSPS) is 16.6. The van der Waals surface area contributed by atoms with E-state index in [4.69, 9.17) is 9.47 Å². The number of hydrogen-bond donors (Lipinski definition) is 1. The van der Waals surface area contributed by atoms with Gasteiger partial charge in [-0.1, -0.05) is 32.0 Å². The van der Waals surface area contributed by atoms with Crippen LogP contribution in [0.2, 0.25) is 0 Å². The molecule has 2 heterocycles. The van der Waals surface area contributed by atoms with Gasteiger partial charge in [-0.15, -0.1) is 0 Å². The maximum absolute atomic E-state index is 13.0. The maximum atomic E-state index is 13.0. The zero-order valence-electron chi connectivity index (χ0n) is 19.0. The highest BCUT2D eigenvalue weighted by molar-refractivity contribution is 5.98. The Bertz CT molecular complexity index is 958. The van der Waals surface area contributed by atoms with Crippen molar-refractivity contribution >= 4 is 17.4 Å². The molecular formula is C26H32N2O4. The summed E-state index contributed by atoms with van der Waals surface area (Å²) in [6.45, 7) is 7.09. The van der Waals surface area contributed by atoms with Gasteiger partial charge in [-0.2, -0.15) is 0 Å². The Labute approximate surface area is 189 Å². The first-order valence-electron chi connectivity index (χ1n) is 11.7. The van der Waals surface area contributed by atoms with Crippen molar-refractivity contribution in [1.29, 1.82) is 0 Å². The lowest BCUT2D eigenvalue weighted by atomic mass is 9.88. The van der Waals surface area contributed by atoms with E-state index in [2.05, 4.69) is 42.3 Å². The van der Waals surface area contributed by atoms with Crippen LogP contribution in [0.4, 0.5) is 5.69 Å². The summed E-state index contributed by atoms with van der Waals surface area (Å²) in [4.78, 5) is 27.9. The summed E-state index contributed by atoms with van der Waals surface area (Å²) in [5, 5.41) is 3.14. The van der Waals surface area contributed by atoms with Crippen molar-refractivity contribution in [2.45, 2.75) is 39.5 Å². The molecule has 0 bridgehead atoms. The number of amides is 1. The van der Waals surface area contributed by atoms with Gasteiger partial charge >= 0.3 is 0 Å². The third-order valence-electron chi connectivity index (χ3n) is 6.42. The summed E-state index contributed by atoms with van der Waals surface area (Å²) in [6.07, 6.45) is 3.28. The molecule has 2 aliphatic rings. The minimum atomic E-state index is -0.0237. The number of anilines is 1. The molecule has 1 amide bonds. The molecule has 2 aromatic carbocycles. The third-order valence-corrected chi connectivity index (χ3v) is 6.42. The van der Waals surface area contributed by atoms with E-state index in [-0.39, 0.29) is 17.6 Å². The van der Waals surface area contributed by atoms with E-state index in [9.17, 15) is 9.59 Å². The molecule has 0 spiro atoms. The topological polar surface area (TPSA) is 67.9 Å². The van der Waals surface area contributed by atoms with Crippen LogP contribution in [0.1, 0.15) is 48.2 Å². The second kappa shape index (κ2) is 10.2. The molecule has 0 atom stereocenters. The van der Waals surface area contributed by atoms with Crippen LogP contribution < -0.4 is 14.8 Å². The van der Waals surface area contributed by atoms with Gasteiger partial charge in [0.15, 0.2) is 17.3 Å². The van der Waals surface area contributed by atoms with Gasteiger partial charge in [-0.3, -0.25) is 14.5 Å². The van der Waals surface area contributed by atoms with Gasteiger partial charge in [0.25, 0.3) is 0 Å². The number of carbonyl (C=O) groups excluding carboxylic acids is 2. The van der Waals surface area contributed by atoms with Crippen LogP contribution in [-0.4, -0.2) is 49.4 Å². The quantitative estimate of drug-likeness (QED) is 0.662. The molecule has 170 valence electrons. The Balaban J connectivity index is 1.31. The fraction of sp³-hybridized carbons (Fsp3) is 0.462. The van der Waals surface area contributed by atoms with Crippen LogP contribution in [-0.2, 0) is 17.6 Å². The second-order valence-corrected chi connectivity index (χ2v) is 8.48. The number of carbonyl (C=O) groups is 2. The average Bonchev–Trinajstić information content (AvgIpc) is 2.83. The molecule has 2 aromatic rings. The number of hydrogen-bond acceptors (Lipinski definition) is 5. The standard InChI is InChI=1S/C26H32N2O4/c1-3-18-6-5-7-19(4-2)25(18)27-24(29)17-28-12-10-20(11-13-28)26(30)21-8-9-22-23(16-21)32-15-14-31-22/h5-9,16,20H,3-4,10-15,17H2,1-2H3,(H,27,29). The number of ketones is 1. The number of Topliss-reactive ketones (excluding diaryl/α,β-unsaturated/α-hetero) is 1. The van der Waals surface area contributed by atoms with E-state index in [1.54, 1.807) is 6.07 Å². The van der Waals surface area contributed by atoms with Crippen molar-refractivity contribution in [2.24, 2.45) is 5.92 Å². The number of nitrogens with zero attached hydrogens (tertiary/aromatic N) is 1. The Morgan fingerprint density at radius 1 is 0.969 bits per heavy atom. The van der Waals surface area contributed by atoms with Crippen molar-refractivity contribution < 1.29 is 19.1 Å². The fourth-order valence-corrected chi connectivity index (χ4v) is 4.57. The first kappa shape index (κ1) is 22.3. The molecule has 1 saturated heterocycles. The lowest BCUT2D eigenvalue weighted by Gasteiger charge is -2.31. The fourth-order valence-electron chi connectivity index (χ4n) is 4.57. The molecule has 0 radical (unpaired) electrons. The van der Waals surface area contributed by atoms with Gasteiger partial charge in [-0.25, -0.2) is 0 Å². The summed E-state index contributed by atoms with van der Waals surface area (Å²) in [5.41, 5.74) is 3.97. The van der Waals surface area contributed by atoms with Crippen LogP contribution >= 0.6 is 0 Å². The first-order chi connectivity index (χ1) is 15.6. The first-order valence-corrected chi connectivity index (χ1v) is 11.7. The van der Waals surface area contributed by atoms with E-state index in [1.165, 1.54) is 11.1 Å². The average molecular weight is 437 g/mol. The number of aryl methyl sites for hydroxylation is 2. The van der Waals surface area contributed by atoms with Crippen molar-refractivity contribution in [2.75, 3.05) is 38.2 Å². The zero-order valence-corrected chi connectivity index (χ0v) is 19.0. The van der Waals surface area contributed by atoms with Gasteiger partial charge in [0.2, 0.25) is 5.91 Å². The number of para-hydroxylation sites is 1. The number of fused-ring (bicyclic) bond motifs is 1. The lowest BCUT2D eigenvalue weighted by molar-refractivity contribution is -0.117. The predicted molar refractivity (Wildman–Crippen MR) is 125 cm³/mol. The van der Waals surface area contributed by atoms with Crippen molar-refractivity contribution in [3.63, 3.8) is 0 Å². The molecule has 2 aliphatic heterocycles. The molecule has 0 aromatic heterocycles. The zero-order chi connectivity index (χ0) is 22.5. The number of nitrogens with one attached hydrogen (secondary N) is 1. The van der Waals surface area contributed by atoms with E-state index >= 15 is 0 Å². The Hall–Kier alpha value is -2.86. The summed E-state index contributed by atoms with van der Waals surface area (Å²) in [7, 11) is 0. The molecule has 0 saturated carbocycles. The largest absolute Gasteiger partial charge is 0.486 e. The van der Waals surface area contributed by atoms with E-state index in [0.717, 1.165) is 44.5 Å². The van der Waals surface area contributed by atoms with E-state index in [0.29, 0.717) is 36.8 Å². The van der Waals surface area contributed by atoms with Crippen molar-refractivity contribution in [3.8, 4) is 11.5 Å². The highest BCUT2D eigenvalue weighted by Crippen LogP contribution is 2.32. The molecule has 32 heavy (non-hydrogen) atoms. The summed E-state index contributed by atoms with van der Waals surface area (Å²) in [6, 6.07) is 11.6. The van der Waals surface area contributed by atoms with Gasteiger partial charge in [0, 0.05) is 17.2 Å². The van der Waals surface area contributed by atoms with Crippen LogP contribution in [0.15, 0.2) is 36.4 Å². The molecule has 6 heteroatoms. The maximum Gasteiger partial charge on any atom is 0.238 e. The second-order valence-electron chi connectivity index (χ2n) is 8.48. The van der Waals surface area contributed by atoms with Crippen LogP contribution in [0, 0.1) is 5.92 Å². The third kappa shape index (κ3) is 4.96. The van der Waals surface area contributed by atoms with E-state index in [1.807, 2.05) is 12.1 Å². The van der Waals surface area contributed by atoms with Crippen LogP contribution in [0.3, 0.4) is 0 Å². The van der Waals surface area contributed by atoms with Crippen LogP contribution in [0.5, 0.6) is 11.5 Å². The molecule has 6 nitrogen and oxygen atoms in total. The summed E-state index contributed by atoms with van der Waals surface area (Å²) >= 11 is 0. The highest BCUT2D eigenvalue weighted by Gasteiger charge is 2.28. The Kier molecular flexibility index (Phi) is 7.10. The highest BCUT2D eigenvalue weighted by atomic mass is 16.6.